The Labute approximate surface area is 81.3 Å². The molecule has 3 nitrogen and oxygen atoms in total. The molecule has 0 amide bonds. The smallest absolute Gasteiger partial charge is 0.0615 e. The van der Waals surface area contributed by atoms with Crippen molar-refractivity contribution in [3.63, 3.8) is 0 Å². The maximum atomic E-state index is 5.44. The molecule has 78 valence electrons. The molecule has 0 aliphatic carbocycles. The van der Waals surface area contributed by atoms with Crippen molar-refractivity contribution in [3.05, 3.63) is 12.7 Å². The molecule has 0 saturated heterocycles. The van der Waals surface area contributed by atoms with Crippen LogP contribution in [0.5, 0.6) is 0 Å². The molecule has 13 heavy (non-hydrogen) atoms. The molecule has 0 aliphatic heterocycles. The molecule has 0 fully saturated rings. The van der Waals surface area contributed by atoms with Gasteiger partial charge in [0.25, 0.3) is 0 Å². The first-order chi connectivity index (χ1) is 6.35. The minimum Gasteiger partial charge on any atom is -0.383 e. The summed E-state index contributed by atoms with van der Waals surface area (Å²) in [6.45, 7) is 6.16. The maximum Gasteiger partial charge on any atom is 0.0615 e. The number of methoxy groups -OCH3 is 1. The molecule has 1 atom stereocenters. The van der Waals surface area contributed by atoms with Crippen molar-refractivity contribution >= 4 is 0 Å². The van der Waals surface area contributed by atoms with E-state index in [9.17, 15) is 0 Å². The molecule has 0 heterocycles. The molecule has 0 saturated carbocycles. The number of hydrogen-bond donors (Lipinski definition) is 2. The van der Waals surface area contributed by atoms with Gasteiger partial charge >= 0.3 is 0 Å². The Morgan fingerprint density at radius 1 is 1.62 bits per heavy atom. The van der Waals surface area contributed by atoms with Gasteiger partial charge in [-0.2, -0.15) is 0 Å². The van der Waals surface area contributed by atoms with Crippen molar-refractivity contribution in [3.8, 4) is 0 Å². The summed E-state index contributed by atoms with van der Waals surface area (Å²) in [6.07, 6.45) is 5.05. The average molecular weight is 186 g/mol. The van der Waals surface area contributed by atoms with Crippen LogP contribution in [0.25, 0.3) is 0 Å². The first-order valence-corrected chi connectivity index (χ1v) is 4.88. The van der Waals surface area contributed by atoms with Crippen LogP contribution in [-0.4, -0.2) is 32.8 Å². The van der Waals surface area contributed by atoms with Crippen molar-refractivity contribution in [1.29, 1.82) is 0 Å². The van der Waals surface area contributed by atoms with Crippen LogP contribution in [-0.2, 0) is 4.74 Å². The SMILES string of the molecule is C=CCCNC(CCCN)COC. The van der Waals surface area contributed by atoms with Gasteiger partial charge in [0.1, 0.15) is 0 Å². The zero-order valence-corrected chi connectivity index (χ0v) is 8.59. The predicted molar refractivity (Wildman–Crippen MR) is 56.8 cm³/mol. The van der Waals surface area contributed by atoms with Gasteiger partial charge in [0.15, 0.2) is 0 Å². The molecule has 0 aromatic heterocycles. The van der Waals surface area contributed by atoms with E-state index in [4.69, 9.17) is 10.5 Å². The largest absolute Gasteiger partial charge is 0.383 e. The Kier molecular flexibility index (Phi) is 9.42. The lowest BCUT2D eigenvalue weighted by atomic mass is 10.1. The number of nitrogens with one attached hydrogen (secondary N) is 1. The van der Waals surface area contributed by atoms with Gasteiger partial charge in [-0.25, -0.2) is 0 Å². The van der Waals surface area contributed by atoms with Crippen LogP contribution in [0.3, 0.4) is 0 Å². The molecule has 0 aliphatic rings. The van der Waals surface area contributed by atoms with E-state index in [2.05, 4.69) is 11.9 Å². The molecule has 0 aromatic carbocycles. The fourth-order valence-corrected chi connectivity index (χ4v) is 1.20. The summed E-state index contributed by atoms with van der Waals surface area (Å²) in [7, 11) is 1.73. The average Bonchev–Trinajstić information content (AvgIpc) is 2.14. The zero-order valence-electron chi connectivity index (χ0n) is 8.59. The topological polar surface area (TPSA) is 47.3 Å². The summed E-state index contributed by atoms with van der Waals surface area (Å²) in [4.78, 5) is 0. The van der Waals surface area contributed by atoms with Gasteiger partial charge < -0.3 is 15.8 Å². The summed E-state index contributed by atoms with van der Waals surface area (Å²) >= 11 is 0. The van der Waals surface area contributed by atoms with Crippen LogP contribution in [0.2, 0.25) is 0 Å². The van der Waals surface area contributed by atoms with Crippen molar-refractivity contribution in [1.82, 2.24) is 5.32 Å². The number of rotatable bonds is 9. The van der Waals surface area contributed by atoms with Crippen LogP contribution in [0.1, 0.15) is 19.3 Å². The van der Waals surface area contributed by atoms with Gasteiger partial charge in [-0.05, 0) is 32.4 Å². The highest BCUT2D eigenvalue weighted by atomic mass is 16.5. The summed E-state index contributed by atoms with van der Waals surface area (Å²) in [5.74, 6) is 0. The Hall–Kier alpha value is -0.380. The molecule has 0 rings (SSSR count). The summed E-state index contributed by atoms with van der Waals surface area (Å²) in [6, 6.07) is 0.438. The Balaban J connectivity index is 3.46. The second-order valence-corrected chi connectivity index (χ2v) is 3.11. The number of hydrogen-bond acceptors (Lipinski definition) is 3. The second kappa shape index (κ2) is 9.71. The van der Waals surface area contributed by atoms with Crippen LogP contribution in [0.4, 0.5) is 0 Å². The lowest BCUT2D eigenvalue weighted by Gasteiger charge is -2.16. The highest BCUT2D eigenvalue weighted by Gasteiger charge is 2.05. The van der Waals surface area contributed by atoms with E-state index in [1.807, 2.05) is 6.08 Å². The Morgan fingerprint density at radius 3 is 2.92 bits per heavy atom. The lowest BCUT2D eigenvalue weighted by molar-refractivity contribution is 0.162. The van der Waals surface area contributed by atoms with Gasteiger partial charge in [-0.3, -0.25) is 0 Å². The predicted octanol–water partition coefficient (Wildman–Crippen LogP) is 0.906. The first kappa shape index (κ1) is 12.6. The number of nitrogens with two attached hydrogens (primary N) is 1. The molecular weight excluding hydrogens is 164 g/mol. The van der Waals surface area contributed by atoms with Crippen molar-refractivity contribution in [2.45, 2.75) is 25.3 Å². The summed E-state index contributed by atoms with van der Waals surface area (Å²) < 4.78 is 5.10. The monoisotopic (exact) mass is 186 g/mol. The molecule has 0 radical (unpaired) electrons. The minimum atomic E-state index is 0.438. The normalized spacial score (nSPS) is 12.8. The van der Waals surface area contributed by atoms with Gasteiger partial charge in [0.05, 0.1) is 6.61 Å². The van der Waals surface area contributed by atoms with Gasteiger partial charge in [-0.1, -0.05) is 6.08 Å². The summed E-state index contributed by atoms with van der Waals surface area (Å²) in [5, 5.41) is 3.40. The van der Waals surface area contributed by atoms with Crippen LogP contribution in [0.15, 0.2) is 12.7 Å². The third-order valence-corrected chi connectivity index (χ3v) is 1.91. The molecule has 3 N–H and O–H groups in total. The highest BCUT2D eigenvalue weighted by molar-refractivity contribution is 4.71. The molecule has 0 bridgehead atoms. The summed E-state index contributed by atoms with van der Waals surface area (Å²) in [5.41, 5.74) is 5.44. The third kappa shape index (κ3) is 7.96. The van der Waals surface area contributed by atoms with Crippen LogP contribution in [0, 0.1) is 0 Å². The number of ether oxygens (including phenoxy) is 1. The molecular formula is C10H22N2O. The fraction of sp³-hybridized carbons (Fsp3) is 0.800. The fourth-order valence-electron chi connectivity index (χ4n) is 1.20. The van der Waals surface area contributed by atoms with E-state index in [0.29, 0.717) is 6.04 Å². The highest BCUT2D eigenvalue weighted by Crippen LogP contribution is 1.96. The van der Waals surface area contributed by atoms with Crippen molar-refractivity contribution in [2.75, 3.05) is 26.8 Å². The Bertz CT molecular complexity index is 117. The van der Waals surface area contributed by atoms with E-state index in [1.165, 1.54) is 0 Å². The van der Waals surface area contributed by atoms with Gasteiger partial charge in [0, 0.05) is 13.2 Å². The lowest BCUT2D eigenvalue weighted by Crippen LogP contribution is -2.34. The van der Waals surface area contributed by atoms with Crippen LogP contribution >= 0.6 is 0 Å². The maximum absolute atomic E-state index is 5.44. The van der Waals surface area contributed by atoms with E-state index >= 15 is 0 Å². The van der Waals surface area contributed by atoms with Crippen LogP contribution < -0.4 is 11.1 Å². The van der Waals surface area contributed by atoms with E-state index in [-0.39, 0.29) is 0 Å². The molecule has 1 unspecified atom stereocenters. The molecule has 3 heteroatoms. The van der Waals surface area contributed by atoms with Gasteiger partial charge in [-0.15, -0.1) is 6.58 Å². The Morgan fingerprint density at radius 2 is 2.38 bits per heavy atom. The van der Waals surface area contributed by atoms with E-state index in [1.54, 1.807) is 7.11 Å². The van der Waals surface area contributed by atoms with E-state index < -0.39 is 0 Å². The minimum absolute atomic E-state index is 0.438. The van der Waals surface area contributed by atoms with Crippen molar-refractivity contribution in [2.24, 2.45) is 5.73 Å². The second-order valence-electron chi connectivity index (χ2n) is 3.11. The standard InChI is InChI=1S/C10H22N2O/c1-3-4-8-12-10(9-13-2)6-5-7-11/h3,10,12H,1,4-9,11H2,2H3. The quantitative estimate of drug-likeness (QED) is 0.415. The first-order valence-electron chi connectivity index (χ1n) is 4.88. The molecule has 0 aromatic rings. The van der Waals surface area contributed by atoms with Gasteiger partial charge in [0.2, 0.25) is 0 Å². The van der Waals surface area contributed by atoms with Crippen molar-refractivity contribution < 1.29 is 4.74 Å². The molecule has 0 spiro atoms. The zero-order chi connectivity index (χ0) is 9.94. The third-order valence-electron chi connectivity index (χ3n) is 1.91. The van der Waals surface area contributed by atoms with E-state index in [0.717, 1.165) is 39.0 Å².